The molecule has 1 aromatic carbocycles. The Bertz CT molecular complexity index is 2370. The Morgan fingerprint density at radius 1 is 0.937 bits per heavy atom. The third kappa shape index (κ3) is 9.01. The molecule has 334 valence electrons. The summed E-state index contributed by atoms with van der Waals surface area (Å²) in [6, 6.07) is 6.04. The second kappa shape index (κ2) is 18.5. The summed E-state index contributed by atoms with van der Waals surface area (Å²) < 4.78 is 36.9. The van der Waals surface area contributed by atoms with Crippen molar-refractivity contribution in [3.8, 4) is 0 Å². The Labute approximate surface area is 362 Å². The highest BCUT2D eigenvalue weighted by Gasteiger charge is 2.46. The van der Waals surface area contributed by atoms with E-state index >= 15 is 0 Å². The highest BCUT2D eigenvalue weighted by atomic mass is 19.3. The van der Waals surface area contributed by atoms with Gasteiger partial charge in [-0.25, -0.2) is 18.3 Å². The summed E-state index contributed by atoms with van der Waals surface area (Å²) in [6.07, 6.45) is 8.16. The molecule has 4 aromatic rings. The number of hydrogen-bond acceptors (Lipinski definition) is 13. The first-order valence-electron chi connectivity index (χ1n) is 22.0. The Balaban J connectivity index is 0.697. The number of anilines is 3. The van der Waals surface area contributed by atoms with Gasteiger partial charge in [0.05, 0.1) is 42.3 Å². The molecule has 7 heterocycles. The third-order valence-corrected chi connectivity index (χ3v) is 13.0. The number of ether oxygens (including phenoxy) is 1. The minimum Gasteiger partial charge on any atom is -0.382 e. The van der Waals surface area contributed by atoms with E-state index in [-0.39, 0.29) is 47.3 Å². The summed E-state index contributed by atoms with van der Waals surface area (Å²) >= 11 is 0. The smallest absolute Gasteiger partial charge is 0.284 e. The standard InChI is InChI=1S/C43H52F2N12O6/c44-38(45)37-32(49-40(59)30-24-47-55-18-13-34(50-39(30)55)54-19-21-63-22-20-54)25-56(52-37)28-7-5-26(6-8-28)23-46-14-2-15-53-16-11-27(12-17-53)48-31-4-1-3-29-36(31)43(62)57(42(29)61)33-9-10-35(58)51-41(33)60/h1,3-4,13,18,24-28,33,38,46,48H,2,5-12,14-17,19-23H2,(H,49,59)(H,51,58,60). The fourth-order valence-electron chi connectivity index (χ4n) is 9.53. The number of alkyl halides is 2. The number of nitrogens with one attached hydrogen (secondary N) is 4. The molecular formula is C43H52F2N12O6. The molecule has 5 amide bonds. The molecule has 1 aliphatic carbocycles. The van der Waals surface area contributed by atoms with E-state index in [1.54, 1.807) is 29.1 Å². The van der Waals surface area contributed by atoms with Crippen LogP contribution in [0.2, 0.25) is 0 Å². The van der Waals surface area contributed by atoms with E-state index < -0.39 is 47.7 Å². The number of imide groups is 2. The van der Waals surface area contributed by atoms with Gasteiger partial charge in [-0.1, -0.05) is 6.07 Å². The molecule has 1 atom stereocenters. The maximum absolute atomic E-state index is 14.2. The van der Waals surface area contributed by atoms with Crippen molar-refractivity contribution in [1.82, 2.24) is 44.8 Å². The maximum atomic E-state index is 14.2. The predicted molar refractivity (Wildman–Crippen MR) is 226 cm³/mol. The molecule has 3 saturated heterocycles. The second-order valence-corrected chi connectivity index (χ2v) is 17.0. The summed E-state index contributed by atoms with van der Waals surface area (Å²) in [5.41, 5.74) is 1.17. The lowest BCUT2D eigenvalue weighted by Gasteiger charge is -2.33. The van der Waals surface area contributed by atoms with Gasteiger partial charge in [0.15, 0.2) is 11.3 Å². The summed E-state index contributed by atoms with van der Waals surface area (Å²) in [5, 5.41) is 20.5. The number of benzene rings is 1. The number of aromatic nitrogens is 5. The van der Waals surface area contributed by atoms with Gasteiger partial charge in [0.25, 0.3) is 24.1 Å². The van der Waals surface area contributed by atoms with E-state index in [9.17, 15) is 32.8 Å². The first kappa shape index (κ1) is 42.4. The predicted octanol–water partition coefficient (Wildman–Crippen LogP) is 3.64. The minimum absolute atomic E-state index is 0.0170. The lowest BCUT2D eigenvalue weighted by molar-refractivity contribution is -0.136. The average molecular weight is 871 g/mol. The van der Waals surface area contributed by atoms with Crippen LogP contribution < -0.4 is 26.2 Å². The zero-order chi connectivity index (χ0) is 43.6. The molecule has 0 radical (unpaired) electrons. The van der Waals surface area contributed by atoms with Crippen LogP contribution in [0.3, 0.4) is 0 Å². The lowest BCUT2D eigenvalue weighted by Crippen LogP contribution is -2.54. The molecule has 20 heteroatoms. The van der Waals surface area contributed by atoms with Crippen LogP contribution >= 0.6 is 0 Å². The molecule has 1 unspecified atom stereocenters. The molecule has 1 saturated carbocycles. The van der Waals surface area contributed by atoms with Gasteiger partial charge in [-0.15, -0.1) is 0 Å². The SMILES string of the molecule is O=C1CCC(N2C(=O)c3cccc(NC4CCN(CCCNCC5CCC(n6cc(NC(=O)c7cnn8ccc(N9CCOCC9)nc78)c(C(F)F)n6)CC5)CC4)c3C2=O)C(=O)N1. The van der Waals surface area contributed by atoms with Gasteiger partial charge in [-0.2, -0.15) is 10.2 Å². The van der Waals surface area contributed by atoms with Crippen LogP contribution in [0.5, 0.6) is 0 Å². The molecule has 4 fully saturated rings. The lowest BCUT2D eigenvalue weighted by atomic mass is 9.86. The number of hydrogen-bond donors (Lipinski definition) is 4. The molecule has 63 heavy (non-hydrogen) atoms. The Hall–Kier alpha value is -5.86. The van der Waals surface area contributed by atoms with Gasteiger partial charge in [-0.3, -0.25) is 38.9 Å². The number of carbonyl (C=O) groups is 5. The molecule has 0 bridgehead atoms. The molecule has 18 nitrogen and oxygen atoms in total. The van der Waals surface area contributed by atoms with Crippen LogP contribution in [0.4, 0.5) is 26.0 Å². The summed E-state index contributed by atoms with van der Waals surface area (Å²) in [6.45, 7) is 7.01. The molecule has 9 rings (SSSR count). The summed E-state index contributed by atoms with van der Waals surface area (Å²) in [5.74, 6) is -1.48. The van der Waals surface area contributed by atoms with Crippen LogP contribution in [0.25, 0.3) is 5.65 Å². The van der Waals surface area contributed by atoms with Crippen molar-refractivity contribution in [2.45, 2.75) is 82.3 Å². The van der Waals surface area contributed by atoms with Gasteiger partial charge in [0, 0.05) is 56.7 Å². The van der Waals surface area contributed by atoms with Crippen LogP contribution in [-0.2, 0) is 14.3 Å². The second-order valence-electron chi connectivity index (χ2n) is 17.0. The number of piperidine rings is 2. The van der Waals surface area contributed by atoms with Crippen molar-refractivity contribution in [2.75, 3.05) is 74.6 Å². The average Bonchev–Trinajstić information content (AvgIpc) is 3.99. The number of halogens is 2. The molecule has 4 N–H and O–H groups in total. The molecular weight excluding hydrogens is 819 g/mol. The zero-order valence-electron chi connectivity index (χ0n) is 34.9. The van der Waals surface area contributed by atoms with Crippen LogP contribution in [0.1, 0.15) is 107 Å². The number of carbonyl (C=O) groups excluding carboxylic acids is 5. The zero-order valence-corrected chi connectivity index (χ0v) is 34.9. The number of amides is 5. The third-order valence-electron chi connectivity index (χ3n) is 13.0. The largest absolute Gasteiger partial charge is 0.382 e. The topological polar surface area (TPSA) is 200 Å². The van der Waals surface area contributed by atoms with Crippen LogP contribution in [0.15, 0.2) is 42.9 Å². The summed E-state index contributed by atoms with van der Waals surface area (Å²) in [4.78, 5) is 74.5. The number of likely N-dealkylation sites (tertiary alicyclic amines) is 1. The van der Waals surface area contributed by atoms with E-state index in [0.29, 0.717) is 49.4 Å². The van der Waals surface area contributed by atoms with E-state index in [1.807, 2.05) is 6.07 Å². The fraction of sp³-hybridized carbons (Fsp3) is 0.535. The van der Waals surface area contributed by atoms with Gasteiger partial charge in [0.1, 0.15) is 17.4 Å². The van der Waals surface area contributed by atoms with Gasteiger partial charge in [-0.05, 0) is 95.1 Å². The van der Waals surface area contributed by atoms with Crippen molar-refractivity contribution >= 4 is 52.4 Å². The first-order valence-corrected chi connectivity index (χ1v) is 22.0. The van der Waals surface area contributed by atoms with Crippen molar-refractivity contribution in [3.63, 3.8) is 0 Å². The molecule has 3 aromatic heterocycles. The molecule has 0 spiro atoms. The first-order chi connectivity index (χ1) is 30.6. The normalized spacial score (nSPS) is 22.6. The molecule has 4 aliphatic heterocycles. The monoisotopic (exact) mass is 870 g/mol. The number of rotatable bonds is 14. The van der Waals surface area contributed by atoms with E-state index in [0.717, 1.165) is 82.6 Å². The fourth-order valence-corrected chi connectivity index (χ4v) is 9.53. The summed E-state index contributed by atoms with van der Waals surface area (Å²) in [7, 11) is 0. The highest BCUT2D eigenvalue weighted by Crippen LogP contribution is 2.36. The van der Waals surface area contributed by atoms with Crippen LogP contribution in [-0.4, -0.2) is 135 Å². The minimum atomic E-state index is -2.86. The van der Waals surface area contributed by atoms with E-state index in [1.165, 1.54) is 16.9 Å². The van der Waals surface area contributed by atoms with Crippen molar-refractivity contribution < 1.29 is 37.5 Å². The van der Waals surface area contributed by atoms with Crippen molar-refractivity contribution in [3.05, 3.63) is 65.2 Å². The van der Waals surface area contributed by atoms with E-state index in [2.05, 4.69) is 46.2 Å². The quantitative estimate of drug-likeness (QED) is 0.106. The highest BCUT2D eigenvalue weighted by molar-refractivity contribution is 6.25. The number of nitrogens with zero attached hydrogens (tertiary/aromatic N) is 8. The number of morpholine rings is 1. The van der Waals surface area contributed by atoms with Crippen molar-refractivity contribution in [2.24, 2.45) is 5.92 Å². The Kier molecular flexibility index (Phi) is 12.4. The van der Waals surface area contributed by atoms with Crippen LogP contribution in [0, 0.1) is 5.92 Å². The van der Waals surface area contributed by atoms with Gasteiger partial charge in [0.2, 0.25) is 11.8 Å². The van der Waals surface area contributed by atoms with Gasteiger partial charge < -0.3 is 30.5 Å². The number of fused-ring (bicyclic) bond motifs is 2. The van der Waals surface area contributed by atoms with E-state index in [4.69, 9.17) is 4.74 Å². The Morgan fingerprint density at radius 3 is 2.49 bits per heavy atom. The molecule has 5 aliphatic rings. The maximum Gasteiger partial charge on any atom is 0.284 e. The van der Waals surface area contributed by atoms with Gasteiger partial charge >= 0.3 is 0 Å². The van der Waals surface area contributed by atoms with Crippen molar-refractivity contribution in [1.29, 1.82) is 0 Å². The Morgan fingerprint density at radius 2 is 1.73 bits per heavy atom.